The number of unbranched alkanes of at least 4 members (excludes halogenated alkanes) is 11. The summed E-state index contributed by atoms with van der Waals surface area (Å²) in [6, 6.07) is 13.8. The summed E-state index contributed by atoms with van der Waals surface area (Å²) >= 11 is 1.78. The predicted octanol–water partition coefficient (Wildman–Crippen LogP) is 8.93. The predicted molar refractivity (Wildman–Crippen MR) is 165 cm³/mol. The highest BCUT2D eigenvalue weighted by atomic mass is 32.2. The number of ether oxygens (including phenoxy) is 2. The smallest absolute Gasteiger partial charge is 0.228 e. The first-order chi connectivity index (χ1) is 19.2. The number of amides is 1. The van der Waals surface area contributed by atoms with Crippen molar-refractivity contribution in [3.8, 4) is 11.5 Å². The maximum atomic E-state index is 12.8. The number of hydrogen-bond acceptors (Lipinski definition) is 5. The molecule has 1 aliphatic rings. The quantitative estimate of drug-likeness (QED) is 0.166. The van der Waals surface area contributed by atoms with Gasteiger partial charge < -0.3 is 19.7 Å². The molecule has 0 radical (unpaired) electrons. The SMILES string of the molecule is CCCCCCCCCCCCCCOc1ccc(CC(=O)Nc2ccccc2CN2C=CSC2)cc1OC. The molecule has 0 aromatic heterocycles. The Morgan fingerprint density at radius 1 is 0.897 bits per heavy atom. The molecule has 5 nitrogen and oxygen atoms in total. The number of para-hydroxylation sites is 1. The van der Waals surface area contributed by atoms with Crippen molar-refractivity contribution >= 4 is 23.4 Å². The van der Waals surface area contributed by atoms with Crippen LogP contribution < -0.4 is 14.8 Å². The zero-order valence-electron chi connectivity index (χ0n) is 24.1. The monoisotopic (exact) mass is 552 g/mol. The van der Waals surface area contributed by atoms with Gasteiger partial charge in [0, 0.05) is 18.4 Å². The lowest BCUT2D eigenvalue weighted by Crippen LogP contribution is -2.18. The summed E-state index contributed by atoms with van der Waals surface area (Å²) < 4.78 is 11.6. The van der Waals surface area contributed by atoms with E-state index in [-0.39, 0.29) is 12.3 Å². The standard InChI is InChI=1S/C33H48N2O3S/c1-3-4-5-6-7-8-9-10-11-12-13-16-22-38-31-20-19-28(24-32(31)37-2)25-33(36)34-30-18-15-14-17-29(30)26-35-21-23-39-27-35/h14-15,17-21,23-24H,3-13,16,22,25-27H2,1-2H3,(H,34,36). The molecule has 3 rings (SSSR count). The van der Waals surface area contributed by atoms with E-state index in [9.17, 15) is 4.79 Å². The van der Waals surface area contributed by atoms with Gasteiger partial charge in [-0.3, -0.25) is 4.79 Å². The Kier molecular flexibility index (Phi) is 14.8. The number of hydrogen-bond donors (Lipinski definition) is 1. The molecule has 0 fully saturated rings. The molecule has 2 aromatic carbocycles. The summed E-state index contributed by atoms with van der Waals surface area (Å²) in [5, 5.41) is 5.19. The van der Waals surface area contributed by atoms with Crippen LogP contribution in [0, 0.1) is 0 Å². The number of methoxy groups -OCH3 is 1. The molecular weight excluding hydrogens is 504 g/mol. The Balaban J connectivity index is 1.34. The molecule has 1 heterocycles. The molecule has 0 saturated heterocycles. The minimum absolute atomic E-state index is 0.0407. The van der Waals surface area contributed by atoms with Crippen LogP contribution in [0.3, 0.4) is 0 Å². The van der Waals surface area contributed by atoms with E-state index in [1.807, 2.05) is 36.4 Å². The van der Waals surface area contributed by atoms with E-state index < -0.39 is 0 Å². The van der Waals surface area contributed by atoms with Crippen molar-refractivity contribution in [2.45, 2.75) is 96.9 Å². The summed E-state index contributed by atoms with van der Waals surface area (Å²) in [5.74, 6) is 2.32. The van der Waals surface area contributed by atoms with Crippen molar-refractivity contribution in [2.75, 3.05) is 24.9 Å². The Labute approximate surface area is 240 Å². The van der Waals surface area contributed by atoms with Crippen molar-refractivity contribution in [1.82, 2.24) is 4.90 Å². The molecular formula is C33H48N2O3S. The largest absolute Gasteiger partial charge is 0.493 e. The van der Waals surface area contributed by atoms with Gasteiger partial charge in [0.1, 0.15) is 0 Å². The van der Waals surface area contributed by atoms with Crippen LogP contribution in [0.4, 0.5) is 5.69 Å². The van der Waals surface area contributed by atoms with E-state index in [0.717, 1.165) is 41.4 Å². The third-order valence-corrected chi connectivity index (χ3v) is 7.92. The van der Waals surface area contributed by atoms with Gasteiger partial charge in [0.05, 0.1) is 26.0 Å². The molecule has 6 heteroatoms. The molecule has 1 aliphatic heterocycles. The fourth-order valence-corrected chi connectivity index (χ4v) is 5.57. The second kappa shape index (κ2) is 18.6. The van der Waals surface area contributed by atoms with Crippen LogP contribution >= 0.6 is 11.8 Å². The first-order valence-electron chi connectivity index (χ1n) is 14.9. The normalized spacial score (nSPS) is 12.6. The number of carbonyl (C=O) groups is 1. The molecule has 0 bridgehead atoms. The molecule has 0 spiro atoms. The molecule has 0 saturated carbocycles. The highest BCUT2D eigenvalue weighted by Crippen LogP contribution is 2.29. The van der Waals surface area contributed by atoms with Crippen molar-refractivity contribution in [1.29, 1.82) is 0 Å². The molecule has 0 aliphatic carbocycles. The van der Waals surface area contributed by atoms with Gasteiger partial charge in [0.2, 0.25) is 5.91 Å². The average molecular weight is 553 g/mol. The summed E-state index contributed by atoms with van der Waals surface area (Å²) in [5.41, 5.74) is 2.87. The third-order valence-electron chi connectivity index (χ3n) is 7.12. The lowest BCUT2D eigenvalue weighted by atomic mass is 10.1. The Bertz CT molecular complexity index is 1010. The van der Waals surface area contributed by atoms with Gasteiger partial charge in [0.25, 0.3) is 0 Å². The minimum atomic E-state index is -0.0407. The fourth-order valence-electron chi connectivity index (χ4n) is 4.85. The highest BCUT2D eigenvalue weighted by molar-refractivity contribution is 8.02. The summed E-state index contributed by atoms with van der Waals surface area (Å²) in [7, 11) is 1.65. The summed E-state index contributed by atoms with van der Waals surface area (Å²) in [4.78, 5) is 15.1. The number of benzene rings is 2. The van der Waals surface area contributed by atoms with Crippen LogP contribution in [0.1, 0.15) is 95.1 Å². The van der Waals surface area contributed by atoms with Crippen molar-refractivity contribution in [2.24, 2.45) is 0 Å². The zero-order chi connectivity index (χ0) is 27.5. The van der Waals surface area contributed by atoms with Crippen LogP contribution in [-0.2, 0) is 17.8 Å². The Hall–Kier alpha value is -2.60. The van der Waals surface area contributed by atoms with Gasteiger partial charge in [-0.15, -0.1) is 11.8 Å². The van der Waals surface area contributed by atoms with E-state index in [4.69, 9.17) is 9.47 Å². The topological polar surface area (TPSA) is 50.8 Å². The first kappa shape index (κ1) is 30.9. The first-order valence-corrected chi connectivity index (χ1v) is 15.9. The lowest BCUT2D eigenvalue weighted by molar-refractivity contribution is -0.115. The van der Waals surface area contributed by atoms with E-state index in [1.54, 1.807) is 18.9 Å². The third kappa shape index (κ3) is 12.0. The van der Waals surface area contributed by atoms with Gasteiger partial charge in [-0.05, 0) is 41.2 Å². The number of carbonyl (C=O) groups excluding carboxylic acids is 1. The number of nitrogens with zero attached hydrogens (tertiary/aromatic N) is 1. The van der Waals surface area contributed by atoms with E-state index >= 15 is 0 Å². The number of anilines is 1. The van der Waals surface area contributed by atoms with Crippen LogP contribution in [0.2, 0.25) is 0 Å². The highest BCUT2D eigenvalue weighted by Gasteiger charge is 2.13. The molecule has 0 unspecified atom stereocenters. The van der Waals surface area contributed by atoms with Gasteiger partial charge >= 0.3 is 0 Å². The maximum Gasteiger partial charge on any atom is 0.228 e. The van der Waals surface area contributed by atoms with Gasteiger partial charge in [-0.25, -0.2) is 0 Å². The van der Waals surface area contributed by atoms with Crippen LogP contribution in [0.15, 0.2) is 54.1 Å². The van der Waals surface area contributed by atoms with Crippen molar-refractivity contribution in [3.05, 3.63) is 65.2 Å². The molecule has 1 amide bonds. The molecule has 2 aromatic rings. The van der Waals surface area contributed by atoms with Crippen LogP contribution in [-0.4, -0.2) is 30.4 Å². The minimum Gasteiger partial charge on any atom is -0.493 e. The van der Waals surface area contributed by atoms with Crippen molar-refractivity contribution in [3.63, 3.8) is 0 Å². The van der Waals surface area contributed by atoms with Crippen LogP contribution in [0.25, 0.3) is 0 Å². The number of nitrogens with one attached hydrogen (secondary N) is 1. The zero-order valence-corrected chi connectivity index (χ0v) is 24.9. The Morgan fingerprint density at radius 2 is 1.59 bits per heavy atom. The fraction of sp³-hybridized carbons (Fsp3) is 0.545. The number of rotatable bonds is 20. The van der Waals surface area contributed by atoms with E-state index in [1.165, 1.54) is 70.6 Å². The molecule has 39 heavy (non-hydrogen) atoms. The average Bonchev–Trinajstić information content (AvgIpc) is 3.46. The van der Waals surface area contributed by atoms with E-state index in [2.05, 4.69) is 34.8 Å². The molecule has 1 N–H and O–H groups in total. The maximum absolute atomic E-state index is 12.8. The summed E-state index contributed by atoms with van der Waals surface area (Å²) in [6.45, 7) is 3.74. The molecule has 214 valence electrons. The summed E-state index contributed by atoms with van der Waals surface area (Å²) in [6.07, 6.45) is 18.3. The Morgan fingerprint density at radius 3 is 2.26 bits per heavy atom. The lowest BCUT2D eigenvalue weighted by Gasteiger charge is -2.18. The second-order valence-electron chi connectivity index (χ2n) is 10.4. The number of thioether (sulfide) groups is 1. The van der Waals surface area contributed by atoms with E-state index in [0.29, 0.717) is 12.4 Å². The molecule has 0 atom stereocenters. The van der Waals surface area contributed by atoms with Gasteiger partial charge in [0.15, 0.2) is 11.5 Å². The van der Waals surface area contributed by atoms with Gasteiger partial charge in [-0.2, -0.15) is 0 Å². The second-order valence-corrected chi connectivity index (χ2v) is 11.3. The van der Waals surface area contributed by atoms with Crippen molar-refractivity contribution < 1.29 is 14.3 Å². The van der Waals surface area contributed by atoms with Gasteiger partial charge in [-0.1, -0.05) is 102 Å². The van der Waals surface area contributed by atoms with Crippen LogP contribution in [0.5, 0.6) is 11.5 Å².